The Morgan fingerprint density at radius 1 is 1.43 bits per heavy atom. The summed E-state index contributed by atoms with van der Waals surface area (Å²) in [6, 6.07) is 7.99. The summed E-state index contributed by atoms with van der Waals surface area (Å²) in [5.74, 6) is 0.432. The number of nitrogens with zero attached hydrogens (tertiary/aromatic N) is 1. The predicted molar refractivity (Wildman–Crippen MR) is 90.2 cm³/mol. The normalized spacial score (nSPS) is 20.0. The molecule has 21 heavy (non-hydrogen) atoms. The smallest absolute Gasteiger partial charge is 0.151 e. The van der Waals surface area contributed by atoms with Gasteiger partial charge in [-0.2, -0.15) is 0 Å². The minimum Gasteiger partial charge on any atom is -0.314 e. The lowest BCUT2D eigenvalue weighted by atomic mass is 10.0. The highest BCUT2D eigenvalue weighted by atomic mass is 35.5. The fourth-order valence-electron chi connectivity index (χ4n) is 2.46. The van der Waals surface area contributed by atoms with Gasteiger partial charge in [0, 0.05) is 43.0 Å². The van der Waals surface area contributed by atoms with E-state index in [1.54, 1.807) is 6.92 Å². The van der Waals surface area contributed by atoms with Crippen molar-refractivity contribution >= 4 is 33.8 Å². The second kappa shape index (κ2) is 8.34. The lowest BCUT2D eigenvalue weighted by molar-refractivity contribution is 0.172. The molecule has 1 aliphatic heterocycles. The molecule has 1 aliphatic rings. The molecule has 0 aliphatic carbocycles. The van der Waals surface area contributed by atoms with Gasteiger partial charge in [0.2, 0.25) is 0 Å². The first-order valence-corrected chi connectivity index (χ1v) is 9.12. The van der Waals surface area contributed by atoms with E-state index in [0.717, 1.165) is 25.2 Å². The summed E-state index contributed by atoms with van der Waals surface area (Å²) >= 11 is 6.05. The molecule has 0 spiro atoms. The van der Waals surface area contributed by atoms with Gasteiger partial charge in [0.15, 0.2) is 9.84 Å². The summed E-state index contributed by atoms with van der Waals surface area (Å²) in [6.45, 7) is 4.85. The van der Waals surface area contributed by atoms with E-state index in [4.69, 9.17) is 11.6 Å². The Labute approximate surface area is 138 Å². The van der Waals surface area contributed by atoms with Crippen LogP contribution in [0.5, 0.6) is 0 Å². The van der Waals surface area contributed by atoms with Crippen molar-refractivity contribution in [3.8, 4) is 0 Å². The van der Waals surface area contributed by atoms with Crippen molar-refractivity contribution in [1.29, 1.82) is 0 Å². The van der Waals surface area contributed by atoms with E-state index >= 15 is 0 Å². The molecule has 1 saturated heterocycles. The molecule has 1 N–H and O–H groups in total. The van der Waals surface area contributed by atoms with Gasteiger partial charge in [0.05, 0.1) is 5.75 Å². The van der Waals surface area contributed by atoms with Crippen LogP contribution in [0.2, 0.25) is 5.02 Å². The monoisotopic (exact) mass is 352 g/mol. The van der Waals surface area contributed by atoms with E-state index < -0.39 is 9.84 Å². The SMILES string of the molecule is CCS(=O)(=O)CCN1CCNCC1c1cccc(Cl)c1.Cl. The lowest BCUT2D eigenvalue weighted by Gasteiger charge is -2.36. The molecule has 2 rings (SSSR count). The topological polar surface area (TPSA) is 49.4 Å². The summed E-state index contributed by atoms with van der Waals surface area (Å²) < 4.78 is 23.4. The maximum Gasteiger partial charge on any atom is 0.151 e. The fourth-order valence-corrected chi connectivity index (χ4v) is 3.46. The zero-order valence-electron chi connectivity index (χ0n) is 12.1. The Kier molecular flexibility index (Phi) is 7.44. The van der Waals surface area contributed by atoms with Crippen LogP contribution in [0, 0.1) is 0 Å². The van der Waals surface area contributed by atoms with E-state index in [0.29, 0.717) is 11.6 Å². The van der Waals surface area contributed by atoms with Crippen LogP contribution in [-0.4, -0.2) is 51.0 Å². The molecule has 0 saturated carbocycles. The fraction of sp³-hybridized carbons (Fsp3) is 0.571. The Morgan fingerprint density at radius 2 is 2.19 bits per heavy atom. The highest BCUT2D eigenvalue weighted by molar-refractivity contribution is 7.91. The van der Waals surface area contributed by atoms with Crippen LogP contribution in [0.15, 0.2) is 24.3 Å². The number of rotatable bonds is 5. The summed E-state index contributed by atoms with van der Waals surface area (Å²) in [4.78, 5) is 2.23. The average molecular weight is 353 g/mol. The third-order valence-electron chi connectivity index (χ3n) is 3.72. The maximum absolute atomic E-state index is 11.7. The number of sulfone groups is 1. The third-order valence-corrected chi connectivity index (χ3v) is 5.64. The molecule has 0 aromatic heterocycles. The molecule has 0 radical (unpaired) electrons. The van der Waals surface area contributed by atoms with Crippen LogP contribution < -0.4 is 5.32 Å². The van der Waals surface area contributed by atoms with Gasteiger partial charge in [-0.1, -0.05) is 30.7 Å². The summed E-state index contributed by atoms with van der Waals surface area (Å²) in [5.41, 5.74) is 1.14. The Bertz CT molecular complexity index is 552. The van der Waals surface area contributed by atoms with Crippen molar-refractivity contribution in [2.24, 2.45) is 0 Å². The molecule has 0 amide bonds. The number of nitrogens with one attached hydrogen (secondary N) is 1. The first kappa shape index (κ1) is 18.7. The molecule has 1 unspecified atom stereocenters. The van der Waals surface area contributed by atoms with Crippen molar-refractivity contribution in [3.05, 3.63) is 34.9 Å². The largest absolute Gasteiger partial charge is 0.314 e. The van der Waals surface area contributed by atoms with Gasteiger partial charge in [-0.05, 0) is 17.7 Å². The molecule has 7 heteroatoms. The molecular weight excluding hydrogens is 331 g/mol. The van der Waals surface area contributed by atoms with Crippen molar-refractivity contribution in [2.45, 2.75) is 13.0 Å². The number of benzene rings is 1. The average Bonchev–Trinajstić information content (AvgIpc) is 2.45. The van der Waals surface area contributed by atoms with Crippen molar-refractivity contribution in [2.75, 3.05) is 37.7 Å². The number of piperazine rings is 1. The molecule has 120 valence electrons. The van der Waals surface area contributed by atoms with Crippen LogP contribution in [-0.2, 0) is 9.84 Å². The van der Waals surface area contributed by atoms with Crippen LogP contribution in [0.25, 0.3) is 0 Å². The zero-order chi connectivity index (χ0) is 14.6. The Morgan fingerprint density at radius 3 is 2.86 bits per heavy atom. The van der Waals surface area contributed by atoms with Gasteiger partial charge >= 0.3 is 0 Å². The summed E-state index contributed by atoms with van der Waals surface area (Å²) in [6.07, 6.45) is 0. The van der Waals surface area contributed by atoms with E-state index in [1.165, 1.54) is 0 Å². The van der Waals surface area contributed by atoms with Crippen LogP contribution in [0.4, 0.5) is 0 Å². The zero-order valence-corrected chi connectivity index (χ0v) is 14.5. The maximum atomic E-state index is 11.7. The molecule has 1 aromatic carbocycles. The minimum absolute atomic E-state index is 0. The second-order valence-electron chi connectivity index (χ2n) is 5.05. The van der Waals surface area contributed by atoms with E-state index in [9.17, 15) is 8.42 Å². The minimum atomic E-state index is -2.92. The molecule has 1 heterocycles. The van der Waals surface area contributed by atoms with Gasteiger partial charge in [0.25, 0.3) is 0 Å². The highest BCUT2D eigenvalue weighted by Gasteiger charge is 2.24. The number of halogens is 2. The molecule has 1 aromatic rings. The van der Waals surface area contributed by atoms with Gasteiger partial charge in [-0.3, -0.25) is 4.90 Å². The van der Waals surface area contributed by atoms with Crippen molar-refractivity contribution in [3.63, 3.8) is 0 Å². The number of hydrogen-bond donors (Lipinski definition) is 1. The molecule has 4 nitrogen and oxygen atoms in total. The molecule has 1 atom stereocenters. The first-order chi connectivity index (χ1) is 9.52. The van der Waals surface area contributed by atoms with E-state index in [-0.39, 0.29) is 30.0 Å². The summed E-state index contributed by atoms with van der Waals surface area (Å²) in [7, 11) is -2.92. The highest BCUT2D eigenvalue weighted by Crippen LogP contribution is 2.24. The van der Waals surface area contributed by atoms with Crippen LogP contribution in [0.3, 0.4) is 0 Å². The molecule has 0 bridgehead atoms. The van der Waals surface area contributed by atoms with E-state index in [2.05, 4.69) is 10.2 Å². The first-order valence-electron chi connectivity index (χ1n) is 6.92. The quantitative estimate of drug-likeness (QED) is 0.881. The van der Waals surface area contributed by atoms with Gasteiger partial charge in [-0.25, -0.2) is 8.42 Å². The van der Waals surface area contributed by atoms with Crippen LogP contribution >= 0.6 is 24.0 Å². The van der Waals surface area contributed by atoms with E-state index in [1.807, 2.05) is 24.3 Å². The lowest BCUT2D eigenvalue weighted by Crippen LogP contribution is -2.47. The Hall–Kier alpha value is -0.330. The third kappa shape index (κ3) is 5.42. The number of hydrogen-bond acceptors (Lipinski definition) is 4. The van der Waals surface area contributed by atoms with Gasteiger partial charge in [0.1, 0.15) is 0 Å². The second-order valence-corrected chi connectivity index (χ2v) is 7.96. The van der Waals surface area contributed by atoms with Gasteiger partial charge in [-0.15, -0.1) is 12.4 Å². The summed E-state index contributed by atoms with van der Waals surface area (Å²) in [5, 5.41) is 4.08. The predicted octanol–water partition coefficient (Wildman–Crippen LogP) is 2.14. The van der Waals surface area contributed by atoms with Crippen LogP contribution in [0.1, 0.15) is 18.5 Å². The van der Waals surface area contributed by atoms with Gasteiger partial charge < -0.3 is 5.32 Å². The molecular formula is C14H22Cl2N2O2S. The van der Waals surface area contributed by atoms with Crippen molar-refractivity contribution < 1.29 is 8.42 Å². The standard InChI is InChI=1S/C14H21ClN2O2S.ClH/c1-2-20(18,19)9-8-17-7-6-16-11-14(17)12-4-3-5-13(15)10-12;/h3-5,10,14,16H,2,6-9,11H2,1H3;1H. The van der Waals surface area contributed by atoms with Crippen molar-refractivity contribution in [1.82, 2.24) is 10.2 Å². The molecule has 1 fully saturated rings. The Balaban J connectivity index is 0.00000220.